The number of carbonyl (C=O) groups is 1. The fraction of sp³-hybridized carbons (Fsp3) is 0.357. The van der Waals surface area contributed by atoms with Crippen molar-refractivity contribution >= 4 is 23.4 Å². The summed E-state index contributed by atoms with van der Waals surface area (Å²) in [5, 5.41) is 10.3. The largest absolute Gasteiger partial charge is 0.326 e. The van der Waals surface area contributed by atoms with E-state index < -0.39 is 0 Å². The maximum absolute atomic E-state index is 11.7. The van der Waals surface area contributed by atoms with Gasteiger partial charge >= 0.3 is 0 Å². The normalized spacial score (nSPS) is 10.8. The molecule has 0 fully saturated rings. The minimum absolute atomic E-state index is 0.0591. The minimum Gasteiger partial charge on any atom is -0.326 e. The van der Waals surface area contributed by atoms with Crippen molar-refractivity contribution in [3.8, 4) is 0 Å². The third-order valence-electron chi connectivity index (χ3n) is 2.60. The summed E-state index contributed by atoms with van der Waals surface area (Å²) in [7, 11) is 0. The van der Waals surface area contributed by atoms with E-state index in [0.717, 1.165) is 16.6 Å². The van der Waals surface area contributed by atoms with Crippen molar-refractivity contribution in [1.29, 1.82) is 0 Å². The number of anilines is 1. The second kappa shape index (κ2) is 7.09. The van der Waals surface area contributed by atoms with Crippen LogP contribution < -0.4 is 5.32 Å². The second-order valence-electron chi connectivity index (χ2n) is 4.92. The molecule has 20 heavy (non-hydrogen) atoms. The fourth-order valence-corrected chi connectivity index (χ4v) is 2.42. The SMILES string of the molecule is CC(C)CC(=O)Nc1ccc(CSc2ncn[nH]2)cc1. The summed E-state index contributed by atoms with van der Waals surface area (Å²) in [5.74, 6) is 1.24. The van der Waals surface area contributed by atoms with Gasteiger partial charge in [0.05, 0.1) is 0 Å². The molecule has 2 N–H and O–H groups in total. The molecule has 0 aliphatic rings. The number of H-pyrrole nitrogens is 1. The number of nitrogens with one attached hydrogen (secondary N) is 2. The summed E-state index contributed by atoms with van der Waals surface area (Å²) in [6.45, 7) is 4.06. The third kappa shape index (κ3) is 4.70. The van der Waals surface area contributed by atoms with Gasteiger partial charge in [0.15, 0.2) is 5.16 Å². The van der Waals surface area contributed by atoms with Gasteiger partial charge in [0.1, 0.15) is 6.33 Å². The Balaban J connectivity index is 1.84. The zero-order valence-electron chi connectivity index (χ0n) is 11.6. The number of aromatic amines is 1. The van der Waals surface area contributed by atoms with Crippen molar-refractivity contribution in [3.63, 3.8) is 0 Å². The molecule has 106 valence electrons. The average Bonchev–Trinajstić information content (AvgIpc) is 2.90. The molecule has 0 radical (unpaired) electrons. The van der Waals surface area contributed by atoms with Crippen LogP contribution in [0, 0.1) is 5.92 Å². The molecule has 0 atom stereocenters. The molecule has 0 aliphatic heterocycles. The number of thioether (sulfide) groups is 1. The molecule has 0 unspecified atom stereocenters. The lowest BCUT2D eigenvalue weighted by molar-refractivity contribution is -0.116. The van der Waals surface area contributed by atoms with E-state index in [1.54, 1.807) is 11.8 Å². The number of nitrogens with zero attached hydrogens (tertiary/aromatic N) is 2. The number of aromatic nitrogens is 3. The maximum Gasteiger partial charge on any atom is 0.224 e. The highest BCUT2D eigenvalue weighted by atomic mass is 32.2. The van der Waals surface area contributed by atoms with Gasteiger partial charge in [-0.1, -0.05) is 37.7 Å². The van der Waals surface area contributed by atoms with Crippen LogP contribution in [-0.4, -0.2) is 21.1 Å². The molecule has 1 amide bonds. The van der Waals surface area contributed by atoms with Gasteiger partial charge in [0, 0.05) is 17.9 Å². The van der Waals surface area contributed by atoms with Gasteiger partial charge in [-0.05, 0) is 23.6 Å². The van der Waals surface area contributed by atoms with Gasteiger partial charge in [0.2, 0.25) is 5.91 Å². The van der Waals surface area contributed by atoms with Gasteiger partial charge < -0.3 is 5.32 Å². The molecule has 0 saturated carbocycles. The molecule has 0 saturated heterocycles. The Morgan fingerprint density at radius 1 is 1.35 bits per heavy atom. The lowest BCUT2D eigenvalue weighted by atomic mass is 10.1. The molecule has 0 bridgehead atoms. The Hall–Kier alpha value is -1.82. The maximum atomic E-state index is 11.7. The van der Waals surface area contributed by atoms with E-state index in [1.807, 2.05) is 38.1 Å². The van der Waals surface area contributed by atoms with Crippen LogP contribution in [0.2, 0.25) is 0 Å². The fourth-order valence-electron chi connectivity index (χ4n) is 1.68. The lowest BCUT2D eigenvalue weighted by Crippen LogP contribution is -2.13. The van der Waals surface area contributed by atoms with E-state index in [4.69, 9.17) is 0 Å². The van der Waals surface area contributed by atoms with Gasteiger partial charge in [-0.15, -0.1) is 0 Å². The second-order valence-corrected chi connectivity index (χ2v) is 5.89. The Morgan fingerprint density at radius 3 is 2.70 bits per heavy atom. The van der Waals surface area contributed by atoms with Crippen LogP contribution in [0.1, 0.15) is 25.8 Å². The van der Waals surface area contributed by atoms with Crippen LogP contribution in [-0.2, 0) is 10.5 Å². The molecule has 0 spiro atoms. The molecular formula is C14H18N4OS. The topological polar surface area (TPSA) is 70.7 Å². The first kappa shape index (κ1) is 14.6. The smallest absolute Gasteiger partial charge is 0.224 e. The zero-order chi connectivity index (χ0) is 14.4. The first-order valence-electron chi connectivity index (χ1n) is 6.50. The van der Waals surface area contributed by atoms with E-state index in [1.165, 1.54) is 11.9 Å². The first-order chi connectivity index (χ1) is 9.63. The summed E-state index contributed by atoms with van der Waals surface area (Å²) < 4.78 is 0. The molecule has 0 aliphatic carbocycles. The van der Waals surface area contributed by atoms with Crippen LogP contribution in [0.25, 0.3) is 0 Å². The van der Waals surface area contributed by atoms with E-state index in [0.29, 0.717) is 12.3 Å². The summed E-state index contributed by atoms with van der Waals surface area (Å²) >= 11 is 1.59. The minimum atomic E-state index is 0.0591. The number of benzene rings is 1. The Labute approximate surface area is 122 Å². The van der Waals surface area contributed by atoms with Crippen LogP contribution in [0.4, 0.5) is 5.69 Å². The molecule has 1 aromatic heterocycles. The summed E-state index contributed by atoms with van der Waals surface area (Å²) in [5.41, 5.74) is 2.01. The van der Waals surface area contributed by atoms with Crippen LogP contribution >= 0.6 is 11.8 Å². The lowest BCUT2D eigenvalue weighted by Gasteiger charge is -2.07. The highest BCUT2D eigenvalue weighted by Gasteiger charge is 2.05. The molecule has 6 heteroatoms. The van der Waals surface area contributed by atoms with Gasteiger partial charge in [-0.3, -0.25) is 9.89 Å². The molecule has 1 aromatic carbocycles. The van der Waals surface area contributed by atoms with Crippen molar-refractivity contribution in [2.45, 2.75) is 31.2 Å². The predicted molar refractivity (Wildman–Crippen MR) is 80.5 cm³/mol. The molecular weight excluding hydrogens is 272 g/mol. The Morgan fingerprint density at radius 2 is 2.10 bits per heavy atom. The quantitative estimate of drug-likeness (QED) is 0.802. The van der Waals surface area contributed by atoms with E-state index in [2.05, 4.69) is 20.5 Å². The van der Waals surface area contributed by atoms with Gasteiger partial charge in [-0.2, -0.15) is 5.10 Å². The van der Waals surface area contributed by atoms with Crippen molar-refractivity contribution < 1.29 is 4.79 Å². The molecule has 2 rings (SSSR count). The Kier molecular flexibility index (Phi) is 5.17. The molecule has 1 heterocycles. The summed E-state index contributed by atoms with van der Waals surface area (Å²) in [6, 6.07) is 7.87. The predicted octanol–water partition coefficient (Wildman–Crippen LogP) is 3.08. The van der Waals surface area contributed by atoms with Crippen molar-refractivity contribution in [2.24, 2.45) is 5.92 Å². The van der Waals surface area contributed by atoms with E-state index >= 15 is 0 Å². The standard InChI is InChI=1S/C14H18N4OS/c1-10(2)7-13(19)17-12-5-3-11(4-6-12)8-20-14-15-9-16-18-14/h3-6,9-10H,7-8H2,1-2H3,(H,17,19)(H,15,16,18). The average molecular weight is 290 g/mol. The molecule has 2 aromatic rings. The van der Waals surface area contributed by atoms with E-state index in [9.17, 15) is 4.79 Å². The van der Waals surface area contributed by atoms with Gasteiger partial charge in [0.25, 0.3) is 0 Å². The first-order valence-corrected chi connectivity index (χ1v) is 7.49. The van der Waals surface area contributed by atoms with Crippen LogP contribution in [0.5, 0.6) is 0 Å². The van der Waals surface area contributed by atoms with E-state index in [-0.39, 0.29) is 5.91 Å². The number of rotatable bonds is 6. The molecule has 5 nitrogen and oxygen atoms in total. The summed E-state index contributed by atoms with van der Waals surface area (Å²) in [6.07, 6.45) is 2.04. The van der Waals surface area contributed by atoms with Gasteiger partial charge in [-0.25, -0.2) is 4.98 Å². The van der Waals surface area contributed by atoms with Crippen molar-refractivity contribution in [1.82, 2.24) is 15.2 Å². The Bertz CT molecular complexity index is 537. The third-order valence-corrected chi connectivity index (χ3v) is 3.55. The highest BCUT2D eigenvalue weighted by Crippen LogP contribution is 2.19. The number of hydrogen-bond donors (Lipinski definition) is 2. The number of hydrogen-bond acceptors (Lipinski definition) is 4. The van der Waals surface area contributed by atoms with Crippen molar-refractivity contribution in [2.75, 3.05) is 5.32 Å². The van der Waals surface area contributed by atoms with Crippen LogP contribution in [0.3, 0.4) is 0 Å². The zero-order valence-corrected chi connectivity index (χ0v) is 12.4. The van der Waals surface area contributed by atoms with Crippen molar-refractivity contribution in [3.05, 3.63) is 36.2 Å². The summed E-state index contributed by atoms with van der Waals surface area (Å²) in [4.78, 5) is 15.7. The monoisotopic (exact) mass is 290 g/mol. The number of amides is 1. The van der Waals surface area contributed by atoms with Crippen LogP contribution in [0.15, 0.2) is 35.7 Å². The number of carbonyl (C=O) groups excluding carboxylic acids is 1. The highest BCUT2D eigenvalue weighted by molar-refractivity contribution is 7.98.